The topological polar surface area (TPSA) is 72.9 Å². The van der Waals surface area contributed by atoms with Crippen molar-refractivity contribution in [1.29, 1.82) is 0 Å². The lowest BCUT2D eigenvalue weighted by Gasteiger charge is -2.40. The van der Waals surface area contributed by atoms with Crippen molar-refractivity contribution in [2.24, 2.45) is 0 Å². The molecule has 1 saturated carbocycles. The van der Waals surface area contributed by atoms with Gasteiger partial charge in [0.1, 0.15) is 0 Å². The summed E-state index contributed by atoms with van der Waals surface area (Å²) in [7, 11) is 2.09. The van der Waals surface area contributed by atoms with Crippen molar-refractivity contribution in [3.63, 3.8) is 0 Å². The van der Waals surface area contributed by atoms with Crippen LogP contribution in [0.1, 0.15) is 45.4 Å². The normalized spacial score (nSPS) is 24.6. The molecule has 2 rings (SSSR count). The van der Waals surface area contributed by atoms with Crippen LogP contribution in [0, 0.1) is 0 Å². The molecule has 2 N–H and O–H groups in total. The number of rotatable bonds is 5. The van der Waals surface area contributed by atoms with Gasteiger partial charge in [0.05, 0.1) is 18.0 Å². The maximum absolute atomic E-state index is 12.6. The Labute approximate surface area is 132 Å². The Morgan fingerprint density at radius 2 is 1.73 bits per heavy atom. The predicted octanol–water partition coefficient (Wildman–Crippen LogP) is 0.916. The van der Waals surface area contributed by atoms with Crippen molar-refractivity contribution < 1.29 is 14.7 Å². The third-order valence-electron chi connectivity index (χ3n) is 5.15. The minimum atomic E-state index is -0.825. The van der Waals surface area contributed by atoms with Crippen LogP contribution in [0.4, 0.5) is 0 Å². The van der Waals surface area contributed by atoms with Crippen molar-refractivity contribution in [1.82, 2.24) is 15.1 Å². The second kappa shape index (κ2) is 7.42. The zero-order valence-corrected chi connectivity index (χ0v) is 13.8. The number of piperazine rings is 1. The van der Waals surface area contributed by atoms with E-state index in [1.807, 2.05) is 6.92 Å². The van der Waals surface area contributed by atoms with E-state index in [9.17, 15) is 14.7 Å². The molecule has 1 amide bonds. The Balaban J connectivity index is 1.96. The summed E-state index contributed by atoms with van der Waals surface area (Å²) in [6.45, 7) is 5.64. The number of carboxylic acid groups (broad SMARTS) is 1. The molecular formula is C16H29N3O3. The summed E-state index contributed by atoms with van der Waals surface area (Å²) in [6, 6.07) is -0.193. The van der Waals surface area contributed by atoms with Gasteiger partial charge < -0.3 is 15.3 Å². The highest BCUT2D eigenvalue weighted by atomic mass is 16.4. The molecule has 22 heavy (non-hydrogen) atoms. The van der Waals surface area contributed by atoms with Crippen LogP contribution in [0.3, 0.4) is 0 Å². The van der Waals surface area contributed by atoms with E-state index in [0.29, 0.717) is 0 Å². The molecule has 1 aliphatic heterocycles. The average Bonchev–Trinajstić information content (AvgIpc) is 2.47. The first-order valence-corrected chi connectivity index (χ1v) is 8.38. The number of amides is 1. The fraction of sp³-hybridized carbons (Fsp3) is 0.875. The number of hydrogen-bond donors (Lipinski definition) is 2. The van der Waals surface area contributed by atoms with Crippen molar-refractivity contribution in [3.05, 3.63) is 0 Å². The summed E-state index contributed by atoms with van der Waals surface area (Å²) in [6.07, 6.45) is 4.72. The summed E-state index contributed by atoms with van der Waals surface area (Å²) in [5.74, 6) is -0.845. The van der Waals surface area contributed by atoms with E-state index < -0.39 is 11.5 Å². The molecular weight excluding hydrogens is 282 g/mol. The number of likely N-dealkylation sites (N-methyl/N-ethyl adjacent to an activating group) is 1. The second-order valence-electron chi connectivity index (χ2n) is 6.92. The third kappa shape index (κ3) is 4.43. The van der Waals surface area contributed by atoms with Crippen LogP contribution in [0.2, 0.25) is 0 Å². The lowest BCUT2D eigenvalue weighted by atomic mass is 9.79. The molecule has 1 heterocycles. The Hall–Kier alpha value is -1.14. The van der Waals surface area contributed by atoms with Crippen LogP contribution in [0.15, 0.2) is 0 Å². The number of carbonyl (C=O) groups is 2. The second-order valence-corrected chi connectivity index (χ2v) is 6.92. The largest absolute Gasteiger partial charge is 0.481 e. The van der Waals surface area contributed by atoms with Crippen LogP contribution >= 0.6 is 0 Å². The lowest BCUT2D eigenvalue weighted by Crippen LogP contribution is -2.58. The maximum atomic E-state index is 12.6. The molecule has 0 spiro atoms. The molecule has 0 aromatic carbocycles. The van der Waals surface area contributed by atoms with E-state index in [1.165, 1.54) is 0 Å². The van der Waals surface area contributed by atoms with Gasteiger partial charge in [-0.15, -0.1) is 0 Å². The number of carbonyl (C=O) groups excluding carboxylic acids is 1. The van der Waals surface area contributed by atoms with E-state index in [4.69, 9.17) is 0 Å². The molecule has 126 valence electrons. The zero-order chi connectivity index (χ0) is 16.2. The molecule has 1 aliphatic carbocycles. The molecule has 6 nitrogen and oxygen atoms in total. The molecule has 2 fully saturated rings. The first-order chi connectivity index (χ1) is 10.4. The van der Waals surface area contributed by atoms with Crippen LogP contribution in [-0.2, 0) is 9.59 Å². The minimum absolute atomic E-state index is 0.0206. The molecule has 2 aliphatic rings. The van der Waals surface area contributed by atoms with Gasteiger partial charge in [-0.2, -0.15) is 0 Å². The quantitative estimate of drug-likeness (QED) is 0.790. The predicted molar refractivity (Wildman–Crippen MR) is 84.7 cm³/mol. The van der Waals surface area contributed by atoms with Crippen molar-refractivity contribution in [3.8, 4) is 0 Å². The maximum Gasteiger partial charge on any atom is 0.305 e. The third-order valence-corrected chi connectivity index (χ3v) is 5.15. The van der Waals surface area contributed by atoms with Crippen LogP contribution in [0.5, 0.6) is 0 Å². The summed E-state index contributed by atoms with van der Waals surface area (Å²) in [5.41, 5.74) is -0.540. The molecule has 0 radical (unpaired) electrons. The molecule has 0 unspecified atom stereocenters. The molecule has 1 saturated heterocycles. The highest BCUT2D eigenvalue weighted by molar-refractivity contribution is 5.83. The average molecular weight is 311 g/mol. The van der Waals surface area contributed by atoms with Gasteiger partial charge in [0.15, 0.2) is 0 Å². The van der Waals surface area contributed by atoms with Gasteiger partial charge in [0.25, 0.3) is 0 Å². The van der Waals surface area contributed by atoms with Gasteiger partial charge >= 0.3 is 5.97 Å². The van der Waals surface area contributed by atoms with Gasteiger partial charge in [-0.05, 0) is 26.8 Å². The number of aliphatic carboxylic acids is 1. The Morgan fingerprint density at radius 1 is 1.14 bits per heavy atom. The summed E-state index contributed by atoms with van der Waals surface area (Å²) >= 11 is 0. The van der Waals surface area contributed by atoms with Crippen molar-refractivity contribution in [2.45, 2.75) is 57.0 Å². The summed E-state index contributed by atoms with van der Waals surface area (Å²) < 4.78 is 0. The Kier molecular flexibility index (Phi) is 5.81. The Bertz CT molecular complexity index is 399. The van der Waals surface area contributed by atoms with Crippen LogP contribution in [-0.4, -0.2) is 71.6 Å². The SMILES string of the molecule is C[C@H](C(=O)NC1(CC(=O)O)CCCCC1)N1CCN(C)CC1. The molecule has 6 heteroatoms. The fourth-order valence-electron chi connectivity index (χ4n) is 3.60. The molecule has 0 bridgehead atoms. The van der Waals surface area contributed by atoms with E-state index in [2.05, 4.69) is 22.2 Å². The number of nitrogens with zero attached hydrogens (tertiary/aromatic N) is 2. The highest BCUT2D eigenvalue weighted by Crippen LogP contribution is 2.31. The lowest BCUT2D eigenvalue weighted by molar-refractivity contribution is -0.140. The molecule has 1 atom stereocenters. The van der Waals surface area contributed by atoms with Gasteiger partial charge in [0.2, 0.25) is 5.91 Å². The first-order valence-electron chi connectivity index (χ1n) is 8.38. The standard InChI is InChI=1S/C16H29N3O3/c1-13(19-10-8-18(2)9-11-19)15(22)17-16(12-14(20)21)6-4-3-5-7-16/h13H,3-12H2,1-2H3,(H,17,22)(H,20,21)/t13-/m1/s1. The summed E-state index contributed by atoms with van der Waals surface area (Å²) in [4.78, 5) is 28.3. The van der Waals surface area contributed by atoms with Gasteiger partial charge in [-0.3, -0.25) is 14.5 Å². The minimum Gasteiger partial charge on any atom is -0.481 e. The molecule has 0 aromatic rings. The zero-order valence-electron chi connectivity index (χ0n) is 13.8. The van der Waals surface area contributed by atoms with E-state index in [0.717, 1.165) is 58.3 Å². The van der Waals surface area contributed by atoms with Crippen molar-refractivity contribution in [2.75, 3.05) is 33.2 Å². The number of nitrogens with one attached hydrogen (secondary N) is 1. The number of carboxylic acids is 1. The monoisotopic (exact) mass is 311 g/mol. The smallest absolute Gasteiger partial charge is 0.305 e. The van der Waals surface area contributed by atoms with E-state index >= 15 is 0 Å². The summed E-state index contributed by atoms with van der Waals surface area (Å²) in [5, 5.41) is 12.3. The number of hydrogen-bond acceptors (Lipinski definition) is 4. The molecule has 0 aromatic heterocycles. The Morgan fingerprint density at radius 3 is 2.27 bits per heavy atom. The van der Waals surface area contributed by atoms with Gasteiger partial charge in [0, 0.05) is 26.2 Å². The first kappa shape index (κ1) is 17.2. The van der Waals surface area contributed by atoms with Gasteiger partial charge in [-0.1, -0.05) is 19.3 Å². The highest BCUT2D eigenvalue weighted by Gasteiger charge is 2.37. The van der Waals surface area contributed by atoms with E-state index in [1.54, 1.807) is 0 Å². The van der Waals surface area contributed by atoms with Crippen molar-refractivity contribution >= 4 is 11.9 Å². The van der Waals surface area contributed by atoms with Crippen LogP contribution in [0.25, 0.3) is 0 Å². The fourth-order valence-corrected chi connectivity index (χ4v) is 3.60. The van der Waals surface area contributed by atoms with Crippen LogP contribution < -0.4 is 5.32 Å². The van der Waals surface area contributed by atoms with E-state index in [-0.39, 0.29) is 18.4 Å². The van der Waals surface area contributed by atoms with Gasteiger partial charge in [-0.25, -0.2) is 0 Å².